The van der Waals surface area contributed by atoms with Gasteiger partial charge in [-0.05, 0) is 27.2 Å². The molecule has 1 atom stereocenters. The fourth-order valence-corrected chi connectivity index (χ4v) is 1.20. The molecule has 0 aromatic heterocycles. The zero-order chi connectivity index (χ0) is 8.20. The maximum Gasteiger partial charge on any atom is 0.0801 e. The Bertz CT molecular complexity index is 119. The Hall–Kier alpha value is -0.300. The van der Waals surface area contributed by atoms with Crippen LogP contribution in [0.2, 0.25) is 0 Å². The smallest absolute Gasteiger partial charge is 0.0801 e. The fourth-order valence-electron chi connectivity index (χ4n) is 1.20. The fraction of sp³-hybridized carbons (Fsp3) is 0.778. The highest BCUT2D eigenvalue weighted by Crippen LogP contribution is 2.14. The number of hydrogen-bond donors (Lipinski definition) is 1. The summed E-state index contributed by atoms with van der Waals surface area (Å²) in [6, 6.07) is 0. The summed E-state index contributed by atoms with van der Waals surface area (Å²) in [6.45, 7) is 7.94. The van der Waals surface area contributed by atoms with Gasteiger partial charge in [0.25, 0.3) is 0 Å². The van der Waals surface area contributed by atoms with Gasteiger partial charge in [-0.1, -0.05) is 25.0 Å². The molecule has 0 spiro atoms. The van der Waals surface area contributed by atoms with Crippen molar-refractivity contribution >= 4 is 0 Å². The first-order chi connectivity index (χ1) is 4.48. The van der Waals surface area contributed by atoms with Gasteiger partial charge in [-0.25, -0.2) is 0 Å². The van der Waals surface area contributed by atoms with Gasteiger partial charge in [-0.15, -0.1) is 0 Å². The summed E-state index contributed by atoms with van der Waals surface area (Å²) in [7, 11) is 0. The van der Waals surface area contributed by atoms with E-state index in [-0.39, 0.29) is 0 Å². The molecule has 0 saturated carbocycles. The molecule has 0 aliphatic rings. The predicted octanol–water partition coefficient (Wildman–Crippen LogP) is 2.50. The van der Waals surface area contributed by atoms with Crippen molar-refractivity contribution in [2.75, 3.05) is 0 Å². The van der Waals surface area contributed by atoms with Crippen molar-refractivity contribution in [3.63, 3.8) is 0 Å². The SMILES string of the molecule is CCCC(C)(O)C=C(C)C. The summed E-state index contributed by atoms with van der Waals surface area (Å²) >= 11 is 0. The minimum absolute atomic E-state index is 0.590. The Kier molecular flexibility index (Phi) is 3.66. The molecule has 10 heavy (non-hydrogen) atoms. The van der Waals surface area contributed by atoms with Crippen LogP contribution >= 0.6 is 0 Å². The Morgan fingerprint density at radius 1 is 1.50 bits per heavy atom. The molecule has 1 N–H and O–H groups in total. The lowest BCUT2D eigenvalue weighted by Gasteiger charge is -2.18. The van der Waals surface area contributed by atoms with E-state index in [1.54, 1.807) is 0 Å². The van der Waals surface area contributed by atoms with Gasteiger partial charge >= 0.3 is 0 Å². The van der Waals surface area contributed by atoms with E-state index in [1.807, 2.05) is 26.8 Å². The molecular formula is C9H18O. The second-order valence-electron chi connectivity index (χ2n) is 3.33. The van der Waals surface area contributed by atoms with Gasteiger partial charge in [0.1, 0.15) is 0 Å². The normalized spacial score (nSPS) is 16.1. The van der Waals surface area contributed by atoms with E-state index >= 15 is 0 Å². The Morgan fingerprint density at radius 2 is 2.00 bits per heavy atom. The Labute approximate surface area is 63.8 Å². The highest BCUT2D eigenvalue weighted by Gasteiger charge is 2.14. The van der Waals surface area contributed by atoms with Crippen molar-refractivity contribution in [2.24, 2.45) is 0 Å². The molecule has 0 heterocycles. The highest BCUT2D eigenvalue weighted by molar-refractivity contribution is 5.04. The Balaban J connectivity index is 3.98. The van der Waals surface area contributed by atoms with Crippen LogP contribution in [-0.4, -0.2) is 10.7 Å². The van der Waals surface area contributed by atoms with E-state index < -0.39 is 5.60 Å². The topological polar surface area (TPSA) is 20.2 Å². The molecule has 1 nitrogen and oxygen atoms in total. The third-order valence-corrected chi connectivity index (χ3v) is 1.36. The van der Waals surface area contributed by atoms with Gasteiger partial charge in [-0.2, -0.15) is 0 Å². The van der Waals surface area contributed by atoms with Crippen LogP contribution in [0.4, 0.5) is 0 Å². The van der Waals surface area contributed by atoms with E-state index in [2.05, 4.69) is 6.92 Å². The molecule has 0 aliphatic heterocycles. The van der Waals surface area contributed by atoms with Gasteiger partial charge < -0.3 is 5.11 Å². The third kappa shape index (κ3) is 4.57. The number of hydrogen-bond acceptors (Lipinski definition) is 1. The third-order valence-electron chi connectivity index (χ3n) is 1.36. The van der Waals surface area contributed by atoms with E-state index in [0.717, 1.165) is 12.8 Å². The average molecular weight is 142 g/mol. The van der Waals surface area contributed by atoms with Crippen LogP contribution in [0.25, 0.3) is 0 Å². The van der Waals surface area contributed by atoms with Crippen LogP contribution in [0.15, 0.2) is 11.6 Å². The van der Waals surface area contributed by atoms with E-state index in [4.69, 9.17) is 0 Å². The average Bonchev–Trinajstić information content (AvgIpc) is 1.59. The van der Waals surface area contributed by atoms with Crippen LogP contribution in [0.5, 0.6) is 0 Å². The van der Waals surface area contributed by atoms with Gasteiger partial charge in [0.2, 0.25) is 0 Å². The largest absolute Gasteiger partial charge is 0.386 e. The molecule has 1 heteroatoms. The first-order valence-corrected chi connectivity index (χ1v) is 3.86. The van der Waals surface area contributed by atoms with E-state index in [9.17, 15) is 5.11 Å². The lowest BCUT2D eigenvalue weighted by molar-refractivity contribution is 0.100. The molecule has 0 bridgehead atoms. The molecule has 0 radical (unpaired) electrons. The number of aliphatic hydroxyl groups is 1. The van der Waals surface area contributed by atoms with E-state index in [1.165, 1.54) is 5.57 Å². The van der Waals surface area contributed by atoms with Crippen LogP contribution in [0.3, 0.4) is 0 Å². The molecule has 1 unspecified atom stereocenters. The number of allylic oxidation sites excluding steroid dienone is 1. The standard InChI is InChI=1S/C9H18O/c1-5-6-9(4,10)7-8(2)3/h7,10H,5-6H2,1-4H3. The highest BCUT2D eigenvalue weighted by atomic mass is 16.3. The summed E-state index contributed by atoms with van der Waals surface area (Å²) < 4.78 is 0. The van der Waals surface area contributed by atoms with Crippen molar-refractivity contribution < 1.29 is 5.11 Å². The van der Waals surface area contributed by atoms with Crippen LogP contribution in [0, 0.1) is 0 Å². The summed E-state index contributed by atoms with van der Waals surface area (Å²) in [4.78, 5) is 0. The first kappa shape index (κ1) is 9.70. The lowest BCUT2D eigenvalue weighted by Crippen LogP contribution is -2.20. The molecule has 0 amide bonds. The minimum atomic E-state index is -0.590. The van der Waals surface area contributed by atoms with Crippen LogP contribution in [-0.2, 0) is 0 Å². The van der Waals surface area contributed by atoms with E-state index in [0.29, 0.717) is 0 Å². The minimum Gasteiger partial charge on any atom is -0.386 e. The van der Waals surface area contributed by atoms with Gasteiger partial charge in [0.15, 0.2) is 0 Å². The van der Waals surface area contributed by atoms with Crippen molar-refractivity contribution in [3.8, 4) is 0 Å². The van der Waals surface area contributed by atoms with Crippen molar-refractivity contribution in [2.45, 2.75) is 46.1 Å². The molecule has 0 rings (SSSR count). The maximum atomic E-state index is 9.61. The molecule has 0 aromatic carbocycles. The van der Waals surface area contributed by atoms with Gasteiger partial charge in [0, 0.05) is 0 Å². The molecule has 0 aromatic rings. The maximum absolute atomic E-state index is 9.61. The summed E-state index contributed by atoms with van der Waals surface area (Å²) in [5.74, 6) is 0. The van der Waals surface area contributed by atoms with Gasteiger partial charge in [-0.3, -0.25) is 0 Å². The summed E-state index contributed by atoms with van der Waals surface area (Å²) in [5, 5.41) is 9.61. The molecule has 0 fully saturated rings. The number of rotatable bonds is 3. The van der Waals surface area contributed by atoms with Crippen molar-refractivity contribution in [3.05, 3.63) is 11.6 Å². The molecular weight excluding hydrogens is 124 g/mol. The lowest BCUT2D eigenvalue weighted by atomic mass is 9.98. The van der Waals surface area contributed by atoms with Crippen molar-refractivity contribution in [1.29, 1.82) is 0 Å². The second kappa shape index (κ2) is 3.77. The van der Waals surface area contributed by atoms with Crippen LogP contribution < -0.4 is 0 Å². The Morgan fingerprint density at radius 3 is 2.30 bits per heavy atom. The zero-order valence-electron chi connectivity index (χ0n) is 7.44. The monoisotopic (exact) mass is 142 g/mol. The van der Waals surface area contributed by atoms with Crippen LogP contribution in [0.1, 0.15) is 40.5 Å². The predicted molar refractivity (Wildman–Crippen MR) is 45.0 cm³/mol. The summed E-state index contributed by atoms with van der Waals surface area (Å²) in [5.41, 5.74) is 0.589. The van der Waals surface area contributed by atoms with Crippen molar-refractivity contribution in [1.82, 2.24) is 0 Å². The zero-order valence-corrected chi connectivity index (χ0v) is 7.44. The van der Waals surface area contributed by atoms with Gasteiger partial charge in [0.05, 0.1) is 5.60 Å². The molecule has 60 valence electrons. The first-order valence-electron chi connectivity index (χ1n) is 3.86. The quantitative estimate of drug-likeness (QED) is 0.600. The molecule has 0 aliphatic carbocycles. The second-order valence-corrected chi connectivity index (χ2v) is 3.33. The summed E-state index contributed by atoms with van der Waals surface area (Å²) in [6.07, 6.45) is 3.78. The molecule has 0 saturated heterocycles.